The van der Waals surface area contributed by atoms with E-state index in [4.69, 9.17) is 10.0 Å². The van der Waals surface area contributed by atoms with Crippen LogP contribution in [0.25, 0.3) is 5.78 Å². The summed E-state index contributed by atoms with van der Waals surface area (Å²) in [5.74, 6) is 0.574. The molecule has 2 N–H and O–H groups in total. The van der Waals surface area contributed by atoms with Crippen molar-refractivity contribution >= 4 is 18.4 Å². The average molecular weight is 191 g/mol. The molecule has 0 fully saturated rings. The van der Waals surface area contributed by atoms with Crippen LogP contribution >= 0.6 is 0 Å². The van der Waals surface area contributed by atoms with Crippen molar-refractivity contribution in [2.75, 3.05) is 0 Å². The van der Waals surface area contributed by atoms with Crippen LogP contribution in [0.15, 0.2) is 12.4 Å². The zero-order valence-electron chi connectivity index (χ0n) is 7.97. The van der Waals surface area contributed by atoms with Gasteiger partial charge < -0.3 is 10.0 Å². The number of imidazole rings is 1. The van der Waals surface area contributed by atoms with E-state index < -0.39 is 7.12 Å². The molecule has 2 heterocycles. The van der Waals surface area contributed by atoms with E-state index >= 15 is 0 Å². The summed E-state index contributed by atoms with van der Waals surface area (Å²) in [7, 11) is -1.49. The fourth-order valence-corrected chi connectivity index (χ4v) is 1.30. The average Bonchev–Trinajstić information content (AvgIpc) is 2.43. The van der Waals surface area contributed by atoms with E-state index in [9.17, 15) is 0 Å². The molecule has 0 saturated carbocycles. The molecule has 0 bridgehead atoms. The second kappa shape index (κ2) is 3.07. The topological polar surface area (TPSA) is 70.7 Å². The van der Waals surface area contributed by atoms with Gasteiger partial charge in [0.05, 0.1) is 5.69 Å². The second-order valence-electron chi connectivity index (χ2n) is 3.21. The van der Waals surface area contributed by atoms with Gasteiger partial charge in [0, 0.05) is 23.6 Å². The molecule has 72 valence electrons. The molecule has 5 nitrogen and oxygen atoms in total. The van der Waals surface area contributed by atoms with E-state index in [0.29, 0.717) is 11.2 Å². The minimum absolute atomic E-state index is 0.359. The zero-order chi connectivity index (χ0) is 10.3. The molecule has 0 aliphatic rings. The molecule has 0 unspecified atom stereocenters. The van der Waals surface area contributed by atoms with Gasteiger partial charge in [0.2, 0.25) is 5.78 Å². The highest BCUT2D eigenvalue weighted by Crippen LogP contribution is 2.06. The number of hydrogen-bond donors (Lipinski definition) is 2. The first-order valence-corrected chi connectivity index (χ1v) is 4.27. The minimum atomic E-state index is -1.49. The Morgan fingerprint density at radius 1 is 1.36 bits per heavy atom. The zero-order valence-corrected chi connectivity index (χ0v) is 7.97. The maximum atomic E-state index is 8.96. The first-order valence-electron chi connectivity index (χ1n) is 4.27. The molecule has 0 spiro atoms. The lowest BCUT2D eigenvalue weighted by Crippen LogP contribution is -2.31. The second-order valence-corrected chi connectivity index (χ2v) is 3.21. The van der Waals surface area contributed by atoms with E-state index in [1.54, 1.807) is 10.6 Å². The summed E-state index contributed by atoms with van der Waals surface area (Å²) in [5, 5.41) is 17.9. The number of hydrogen-bond acceptors (Lipinski definition) is 4. The molecule has 0 aliphatic heterocycles. The summed E-state index contributed by atoms with van der Waals surface area (Å²) < 4.78 is 1.74. The van der Waals surface area contributed by atoms with Gasteiger partial charge in [-0.1, -0.05) is 0 Å². The fraction of sp³-hybridized carbons (Fsp3) is 0.250. The van der Waals surface area contributed by atoms with Crippen LogP contribution in [-0.2, 0) is 0 Å². The van der Waals surface area contributed by atoms with Crippen molar-refractivity contribution in [1.82, 2.24) is 14.4 Å². The number of nitrogens with zero attached hydrogens (tertiary/aromatic N) is 3. The molecule has 0 radical (unpaired) electrons. The standard InChI is InChI=1S/C8H10BN3O2/c1-5-6(2)12-4-7(9(13)14)3-10-8(12)11-5/h3-4,13-14H,1-2H3. The Bertz CT molecular complexity index is 481. The Kier molecular flexibility index (Phi) is 2.01. The molecule has 0 amide bonds. The number of rotatable bonds is 1. The van der Waals surface area contributed by atoms with E-state index in [-0.39, 0.29) is 0 Å². The van der Waals surface area contributed by atoms with Gasteiger partial charge in [-0.25, -0.2) is 9.97 Å². The third kappa shape index (κ3) is 1.28. The van der Waals surface area contributed by atoms with Crippen molar-refractivity contribution < 1.29 is 10.0 Å². The maximum Gasteiger partial charge on any atom is 0.491 e. The van der Waals surface area contributed by atoms with Crippen molar-refractivity contribution in [3.8, 4) is 0 Å². The molecular weight excluding hydrogens is 181 g/mol. The maximum absolute atomic E-state index is 8.96. The third-order valence-corrected chi connectivity index (χ3v) is 2.27. The third-order valence-electron chi connectivity index (χ3n) is 2.27. The van der Waals surface area contributed by atoms with E-state index in [1.165, 1.54) is 6.20 Å². The van der Waals surface area contributed by atoms with Gasteiger partial charge in [0.1, 0.15) is 0 Å². The Morgan fingerprint density at radius 2 is 2.07 bits per heavy atom. The Balaban J connectivity index is 2.69. The molecule has 14 heavy (non-hydrogen) atoms. The number of aromatic nitrogens is 3. The van der Waals surface area contributed by atoms with Crippen LogP contribution in [-0.4, -0.2) is 31.5 Å². The Labute approximate surface area is 81.2 Å². The van der Waals surface area contributed by atoms with E-state index in [1.807, 2.05) is 13.8 Å². The van der Waals surface area contributed by atoms with Crippen molar-refractivity contribution in [3.05, 3.63) is 23.8 Å². The molecule has 0 aromatic carbocycles. The lowest BCUT2D eigenvalue weighted by Gasteiger charge is -2.00. The minimum Gasteiger partial charge on any atom is -0.423 e. The van der Waals surface area contributed by atoms with Gasteiger partial charge >= 0.3 is 7.12 Å². The smallest absolute Gasteiger partial charge is 0.423 e. The molecule has 6 heteroatoms. The first kappa shape index (κ1) is 9.17. The molecule has 2 aromatic heterocycles. The van der Waals surface area contributed by atoms with Crippen LogP contribution < -0.4 is 5.46 Å². The highest BCUT2D eigenvalue weighted by molar-refractivity contribution is 6.58. The lowest BCUT2D eigenvalue weighted by molar-refractivity contribution is 0.425. The Hall–Kier alpha value is -1.40. The van der Waals surface area contributed by atoms with Crippen LogP contribution in [0.5, 0.6) is 0 Å². The van der Waals surface area contributed by atoms with Crippen LogP contribution in [0.2, 0.25) is 0 Å². The van der Waals surface area contributed by atoms with Crippen molar-refractivity contribution in [2.24, 2.45) is 0 Å². The van der Waals surface area contributed by atoms with E-state index in [0.717, 1.165) is 11.4 Å². The van der Waals surface area contributed by atoms with Gasteiger partial charge in [0.15, 0.2) is 0 Å². The van der Waals surface area contributed by atoms with Crippen molar-refractivity contribution in [1.29, 1.82) is 0 Å². The summed E-state index contributed by atoms with van der Waals surface area (Å²) in [4.78, 5) is 8.22. The number of fused-ring (bicyclic) bond motifs is 1. The van der Waals surface area contributed by atoms with Crippen LogP contribution in [0.1, 0.15) is 11.4 Å². The van der Waals surface area contributed by atoms with Crippen LogP contribution in [0.3, 0.4) is 0 Å². The largest absolute Gasteiger partial charge is 0.491 e. The van der Waals surface area contributed by atoms with Crippen LogP contribution in [0.4, 0.5) is 0 Å². The van der Waals surface area contributed by atoms with E-state index in [2.05, 4.69) is 9.97 Å². The highest BCUT2D eigenvalue weighted by Gasteiger charge is 2.13. The molecule has 2 aromatic rings. The predicted octanol–water partition coefficient (Wildman–Crippen LogP) is -0.974. The molecule has 0 atom stereocenters. The van der Waals surface area contributed by atoms with Gasteiger partial charge in [-0.2, -0.15) is 0 Å². The summed E-state index contributed by atoms with van der Waals surface area (Å²) in [6.45, 7) is 3.80. The molecule has 0 aliphatic carbocycles. The van der Waals surface area contributed by atoms with Gasteiger partial charge in [-0.05, 0) is 13.8 Å². The molecule has 2 rings (SSSR count). The quantitative estimate of drug-likeness (QED) is 0.568. The van der Waals surface area contributed by atoms with Gasteiger partial charge in [-0.15, -0.1) is 0 Å². The summed E-state index contributed by atoms with van der Waals surface area (Å²) in [6, 6.07) is 0. The predicted molar refractivity (Wildman–Crippen MR) is 52.3 cm³/mol. The van der Waals surface area contributed by atoms with Crippen LogP contribution in [0, 0.1) is 13.8 Å². The normalized spacial score (nSPS) is 10.9. The fourth-order valence-electron chi connectivity index (χ4n) is 1.30. The SMILES string of the molecule is Cc1nc2ncc(B(O)O)cn2c1C. The highest BCUT2D eigenvalue weighted by atomic mass is 16.4. The van der Waals surface area contributed by atoms with Gasteiger partial charge in [-0.3, -0.25) is 4.40 Å². The monoisotopic (exact) mass is 191 g/mol. The van der Waals surface area contributed by atoms with Crippen molar-refractivity contribution in [3.63, 3.8) is 0 Å². The van der Waals surface area contributed by atoms with Crippen molar-refractivity contribution in [2.45, 2.75) is 13.8 Å². The lowest BCUT2D eigenvalue weighted by atomic mass is 9.83. The Morgan fingerprint density at radius 3 is 2.71 bits per heavy atom. The summed E-state index contributed by atoms with van der Waals surface area (Å²) >= 11 is 0. The molecular formula is C8H10BN3O2. The van der Waals surface area contributed by atoms with Gasteiger partial charge in [0.25, 0.3) is 0 Å². The first-order chi connectivity index (χ1) is 6.59. The summed E-state index contributed by atoms with van der Waals surface area (Å²) in [6.07, 6.45) is 3.04. The summed E-state index contributed by atoms with van der Waals surface area (Å²) in [5.41, 5.74) is 2.20. The number of aryl methyl sites for hydroxylation is 2. The molecule has 0 saturated heterocycles.